The molecule has 0 radical (unpaired) electrons. The van der Waals surface area contributed by atoms with Crippen LogP contribution in [-0.2, 0) is 4.74 Å². The molecule has 1 unspecified atom stereocenters. The number of rotatable bonds is 6. The van der Waals surface area contributed by atoms with Crippen LogP contribution in [0, 0.1) is 0 Å². The standard InChI is InChI=1S/C8H18O2.C2H6O2/c1-4-5-6-8(2,9)7-10-3;3-1-2-4/h9H,4-7H2,1-3H3;3-4H,1-2H2. The molecule has 0 saturated carbocycles. The van der Waals surface area contributed by atoms with Gasteiger partial charge in [-0.15, -0.1) is 0 Å². The van der Waals surface area contributed by atoms with Crippen molar-refractivity contribution in [3.63, 3.8) is 0 Å². The average molecular weight is 208 g/mol. The van der Waals surface area contributed by atoms with Crippen LogP contribution >= 0.6 is 0 Å². The van der Waals surface area contributed by atoms with Crippen LogP contribution in [0.2, 0.25) is 0 Å². The fourth-order valence-corrected chi connectivity index (χ4v) is 0.941. The van der Waals surface area contributed by atoms with Gasteiger partial charge in [0.2, 0.25) is 0 Å². The van der Waals surface area contributed by atoms with Crippen molar-refractivity contribution >= 4 is 0 Å². The summed E-state index contributed by atoms with van der Waals surface area (Å²) in [6.07, 6.45) is 3.02. The van der Waals surface area contributed by atoms with Crippen molar-refractivity contribution in [1.82, 2.24) is 0 Å². The normalized spacial score (nSPS) is 14.1. The summed E-state index contributed by atoms with van der Waals surface area (Å²) in [6.45, 7) is 4.11. The van der Waals surface area contributed by atoms with Crippen molar-refractivity contribution in [2.75, 3.05) is 26.9 Å². The van der Waals surface area contributed by atoms with Crippen LogP contribution < -0.4 is 0 Å². The Hall–Kier alpha value is -0.160. The van der Waals surface area contributed by atoms with Crippen LogP contribution in [0.4, 0.5) is 0 Å². The van der Waals surface area contributed by atoms with E-state index in [1.807, 2.05) is 6.92 Å². The lowest BCUT2D eigenvalue weighted by molar-refractivity contribution is -0.0239. The monoisotopic (exact) mass is 208 g/mol. The lowest BCUT2D eigenvalue weighted by Gasteiger charge is -2.21. The molecule has 0 saturated heterocycles. The Balaban J connectivity index is 0. The van der Waals surface area contributed by atoms with Crippen molar-refractivity contribution in [1.29, 1.82) is 0 Å². The first-order valence-electron chi connectivity index (χ1n) is 4.97. The zero-order chi connectivity index (χ0) is 11.4. The van der Waals surface area contributed by atoms with Gasteiger partial charge in [-0.3, -0.25) is 0 Å². The highest BCUT2D eigenvalue weighted by molar-refractivity contribution is 4.70. The third-order valence-corrected chi connectivity index (χ3v) is 1.62. The number of hydrogen-bond donors (Lipinski definition) is 3. The molecule has 0 aromatic rings. The predicted octanol–water partition coefficient (Wildman–Crippen LogP) is 0.545. The van der Waals surface area contributed by atoms with Crippen LogP contribution in [0.25, 0.3) is 0 Å². The maximum Gasteiger partial charge on any atom is 0.0852 e. The molecule has 0 aromatic heterocycles. The van der Waals surface area contributed by atoms with E-state index in [-0.39, 0.29) is 13.2 Å². The number of aliphatic hydroxyl groups is 3. The largest absolute Gasteiger partial charge is 0.394 e. The molecule has 0 spiro atoms. The number of unbranched alkanes of at least 4 members (excludes halogenated alkanes) is 1. The molecule has 0 rings (SSSR count). The van der Waals surface area contributed by atoms with E-state index < -0.39 is 5.60 Å². The number of aliphatic hydroxyl groups excluding tert-OH is 2. The topological polar surface area (TPSA) is 69.9 Å². The van der Waals surface area contributed by atoms with Crippen molar-refractivity contribution in [3.05, 3.63) is 0 Å². The second-order valence-corrected chi connectivity index (χ2v) is 3.48. The highest BCUT2D eigenvalue weighted by atomic mass is 16.5. The molecule has 3 N–H and O–H groups in total. The summed E-state index contributed by atoms with van der Waals surface area (Å²) >= 11 is 0. The summed E-state index contributed by atoms with van der Waals surface area (Å²) in [5.74, 6) is 0. The first-order valence-corrected chi connectivity index (χ1v) is 4.97. The molecule has 1 atom stereocenters. The molecule has 0 aliphatic rings. The Labute approximate surface area is 86.5 Å². The molecule has 0 amide bonds. The summed E-state index contributed by atoms with van der Waals surface area (Å²) in [4.78, 5) is 0. The Morgan fingerprint density at radius 2 is 1.71 bits per heavy atom. The maximum absolute atomic E-state index is 9.52. The first kappa shape index (κ1) is 16.3. The van der Waals surface area contributed by atoms with E-state index in [0.29, 0.717) is 6.61 Å². The Morgan fingerprint density at radius 1 is 1.21 bits per heavy atom. The molecule has 0 heterocycles. The third-order valence-electron chi connectivity index (χ3n) is 1.62. The number of hydrogen-bond acceptors (Lipinski definition) is 4. The molecule has 0 aromatic carbocycles. The third kappa shape index (κ3) is 14.4. The summed E-state index contributed by atoms with van der Waals surface area (Å²) in [6, 6.07) is 0. The summed E-state index contributed by atoms with van der Waals surface area (Å²) in [5, 5.41) is 24.8. The lowest BCUT2D eigenvalue weighted by atomic mass is 10.0. The molecule has 4 heteroatoms. The molecular weight excluding hydrogens is 184 g/mol. The molecule has 0 fully saturated rings. The Morgan fingerprint density at radius 3 is 2.00 bits per heavy atom. The average Bonchev–Trinajstić information content (AvgIpc) is 2.15. The van der Waals surface area contributed by atoms with Gasteiger partial charge in [-0.2, -0.15) is 0 Å². The minimum absolute atomic E-state index is 0.125. The highest BCUT2D eigenvalue weighted by Crippen LogP contribution is 2.12. The van der Waals surface area contributed by atoms with Gasteiger partial charge in [0.15, 0.2) is 0 Å². The SMILES string of the molecule is CCCCC(C)(O)COC.OCCO. The van der Waals surface area contributed by atoms with Gasteiger partial charge in [0.05, 0.1) is 25.4 Å². The second kappa shape index (κ2) is 10.9. The van der Waals surface area contributed by atoms with Gasteiger partial charge in [0, 0.05) is 7.11 Å². The Kier molecular flexibility index (Phi) is 12.7. The molecule has 4 nitrogen and oxygen atoms in total. The highest BCUT2D eigenvalue weighted by Gasteiger charge is 2.18. The molecule has 0 bridgehead atoms. The molecular formula is C10H24O4. The maximum atomic E-state index is 9.52. The molecule has 14 heavy (non-hydrogen) atoms. The van der Waals surface area contributed by atoms with Gasteiger partial charge >= 0.3 is 0 Å². The van der Waals surface area contributed by atoms with Crippen LogP contribution in [-0.4, -0.2) is 47.9 Å². The van der Waals surface area contributed by atoms with Gasteiger partial charge in [-0.25, -0.2) is 0 Å². The zero-order valence-corrected chi connectivity index (χ0v) is 9.49. The van der Waals surface area contributed by atoms with Crippen molar-refractivity contribution in [2.24, 2.45) is 0 Å². The summed E-state index contributed by atoms with van der Waals surface area (Å²) in [5.41, 5.74) is -0.620. The molecule has 0 aliphatic heterocycles. The van der Waals surface area contributed by atoms with E-state index in [9.17, 15) is 5.11 Å². The molecule has 88 valence electrons. The van der Waals surface area contributed by atoms with Crippen LogP contribution in [0.3, 0.4) is 0 Å². The van der Waals surface area contributed by atoms with E-state index in [1.54, 1.807) is 7.11 Å². The van der Waals surface area contributed by atoms with Crippen LogP contribution in [0.15, 0.2) is 0 Å². The lowest BCUT2D eigenvalue weighted by Crippen LogP contribution is -2.29. The predicted molar refractivity (Wildman–Crippen MR) is 56.2 cm³/mol. The van der Waals surface area contributed by atoms with Gasteiger partial charge in [-0.05, 0) is 13.3 Å². The van der Waals surface area contributed by atoms with Gasteiger partial charge in [0.1, 0.15) is 0 Å². The van der Waals surface area contributed by atoms with Gasteiger partial charge in [0.25, 0.3) is 0 Å². The summed E-state index contributed by atoms with van der Waals surface area (Å²) < 4.78 is 4.85. The van der Waals surface area contributed by atoms with E-state index in [2.05, 4.69) is 6.92 Å². The van der Waals surface area contributed by atoms with E-state index in [4.69, 9.17) is 14.9 Å². The van der Waals surface area contributed by atoms with Crippen LogP contribution in [0.5, 0.6) is 0 Å². The fraction of sp³-hybridized carbons (Fsp3) is 1.00. The van der Waals surface area contributed by atoms with Gasteiger partial charge in [-0.1, -0.05) is 19.8 Å². The summed E-state index contributed by atoms with van der Waals surface area (Å²) in [7, 11) is 1.61. The zero-order valence-electron chi connectivity index (χ0n) is 9.49. The van der Waals surface area contributed by atoms with Crippen molar-refractivity contribution in [2.45, 2.75) is 38.7 Å². The van der Waals surface area contributed by atoms with Crippen molar-refractivity contribution in [3.8, 4) is 0 Å². The van der Waals surface area contributed by atoms with E-state index >= 15 is 0 Å². The Bertz CT molecular complexity index is 102. The fourth-order valence-electron chi connectivity index (χ4n) is 0.941. The first-order chi connectivity index (χ1) is 6.54. The van der Waals surface area contributed by atoms with Gasteiger partial charge < -0.3 is 20.1 Å². The molecule has 0 aliphatic carbocycles. The van der Waals surface area contributed by atoms with Crippen molar-refractivity contribution < 1.29 is 20.1 Å². The second-order valence-electron chi connectivity index (χ2n) is 3.48. The van der Waals surface area contributed by atoms with E-state index in [1.165, 1.54) is 0 Å². The van der Waals surface area contributed by atoms with E-state index in [0.717, 1.165) is 19.3 Å². The quantitative estimate of drug-likeness (QED) is 0.596. The number of methoxy groups -OCH3 is 1. The minimum atomic E-state index is -0.620. The smallest absolute Gasteiger partial charge is 0.0852 e. The number of ether oxygens (including phenoxy) is 1. The minimum Gasteiger partial charge on any atom is -0.394 e. The van der Waals surface area contributed by atoms with Crippen LogP contribution in [0.1, 0.15) is 33.1 Å².